The van der Waals surface area contributed by atoms with E-state index in [4.69, 9.17) is 10.5 Å². The molecule has 0 spiro atoms. The third-order valence-corrected chi connectivity index (χ3v) is 4.93. The maximum atomic E-state index is 6.63. The minimum Gasteiger partial charge on any atom is -0.383 e. The normalized spacial score (nSPS) is 21.8. The minimum atomic E-state index is 0.118. The molecule has 2 N–H and O–H groups in total. The second-order valence-electron chi connectivity index (χ2n) is 6.03. The van der Waals surface area contributed by atoms with Gasteiger partial charge in [0.2, 0.25) is 0 Å². The summed E-state index contributed by atoms with van der Waals surface area (Å²) in [7, 11) is 1.78. The molecule has 0 saturated carbocycles. The summed E-state index contributed by atoms with van der Waals surface area (Å²) in [5.41, 5.74) is 9.39. The Bertz CT molecular complexity index is 431. The molecule has 3 nitrogen and oxygen atoms in total. The van der Waals surface area contributed by atoms with Crippen LogP contribution in [0.1, 0.15) is 50.3 Å². The van der Waals surface area contributed by atoms with E-state index in [1.807, 2.05) is 0 Å². The van der Waals surface area contributed by atoms with E-state index in [-0.39, 0.29) is 6.04 Å². The summed E-state index contributed by atoms with van der Waals surface area (Å²) in [6.45, 7) is 6.30. The number of fused-ring (bicyclic) bond motifs is 1. The Morgan fingerprint density at radius 3 is 2.67 bits per heavy atom. The lowest BCUT2D eigenvalue weighted by atomic mass is 9.83. The van der Waals surface area contributed by atoms with Crippen LogP contribution in [0.4, 0.5) is 0 Å². The molecule has 3 heteroatoms. The van der Waals surface area contributed by atoms with Crippen molar-refractivity contribution in [1.82, 2.24) is 4.90 Å². The van der Waals surface area contributed by atoms with Gasteiger partial charge in [0.15, 0.2) is 0 Å². The lowest BCUT2D eigenvalue weighted by Crippen LogP contribution is -2.51. The molecule has 2 unspecified atom stereocenters. The number of nitrogens with zero attached hydrogens (tertiary/aromatic N) is 1. The molecule has 1 aliphatic rings. The van der Waals surface area contributed by atoms with Crippen molar-refractivity contribution in [3.8, 4) is 0 Å². The molecule has 0 heterocycles. The van der Waals surface area contributed by atoms with Gasteiger partial charge in [-0.05, 0) is 36.8 Å². The average molecular weight is 290 g/mol. The molecule has 0 aromatic heterocycles. The first-order valence-electron chi connectivity index (χ1n) is 8.30. The molecule has 0 saturated heterocycles. The molecule has 2 atom stereocenters. The van der Waals surface area contributed by atoms with E-state index in [2.05, 4.69) is 43.0 Å². The number of nitrogens with two attached hydrogens (primary N) is 1. The first-order valence-corrected chi connectivity index (χ1v) is 8.30. The second kappa shape index (κ2) is 7.92. The smallest absolute Gasteiger partial charge is 0.0589 e. The maximum absolute atomic E-state index is 6.63. The molecule has 1 aliphatic carbocycles. The minimum absolute atomic E-state index is 0.118. The number of hydrogen-bond acceptors (Lipinski definition) is 3. The second-order valence-corrected chi connectivity index (χ2v) is 6.03. The topological polar surface area (TPSA) is 38.5 Å². The van der Waals surface area contributed by atoms with Gasteiger partial charge >= 0.3 is 0 Å². The molecular weight excluding hydrogens is 260 g/mol. The molecule has 0 amide bonds. The van der Waals surface area contributed by atoms with Crippen LogP contribution in [0.25, 0.3) is 0 Å². The van der Waals surface area contributed by atoms with Gasteiger partial charge in [-0.2, -0.15) is 0 Å². The van der Waals surface area contributed by atoms with Crippen LogP contribution in [-0.2, 0) is 11.2 Å². The molecule has 2 rings (SSSR count). The summed E-state index contributed by atoms with van der Waals surface area (Å²) < 4.78 is 5.32. The van der Waals surface area contributed by atoms with Crippen LogP contribution in [0.5, 0.6) is 0 Å². The van der Waals surface area contributed by atoms with Crippen LogP contribution in [0, 0.1) is 0 Å². The van der Waals surface area contributed by atoms with E-state index in [0.717, 1.165) is 26.0 Å². The van der Waals surface area contributed by atoms with Crippen molar-refractivity contribution in [2.45, 2.75) is 57.7 Å². The van der Waals surface area contributed by atoms with Crippen molar-refractivity contribution in [2.24, 2.45) is 5.73 Å². The largest absolute Gasteiger partial charge is 0.383 e. The molecule has 0 fully saturated rings. The van der Waals surface area contributed by atoms with Gasteiger partial charge in [-0.1, -0.05) is 38.1 Å². The fourth-order valence-electron chi connectivity index (χ4n) is 3.72. The summed E-state index contributed by atoms with van der Waals surface area (Å²) in [6, 6.07) is 9.80. The monoisotopic (exact) mass is 290 g/mol. The van der Waals surface area contributed by atoms with E-state index >= 15 is 0 Å². The van der Waals surface area contributed by atoms with E-state index in [0.29, 0.717) is 12.1 Å². The number of methoxy groups -OCH3 is 1. The van der Waals surface area contributed by atoms with Gasteiger partial charge in [0.25, 0.3) is 0 Å². The molecule has 0 radical (unpaired) electrons. The summed E-state index contributed by atoms with van der Waals surface area (Å²) in [4.78, 5) is 2.60. The molecule has 0 bridgehead atoms. The molecule has 1 aromatic carbocycles. The van der Waals surface area contributed by atoms with Crippen molar-refractivity contribution < 1.29 is 4.74 Å². The Hall–Kier alpha value is -0.900. The Balaban J connectivity index is 2.20. The standard InChI is InChI=1S/C18H30N2O/c1-4-15(5-2)20(12-13-21-3)17-11-10-14-8-6-7-9-16(14)18(17)19/h6-9,15,17-18H,4-5,10-13,19H2,1-3H3. The predicted molar refractivity (Wildman–Crippen MR) is 88.4 cm³/mol. The zero-order valence-corrected chi connectivity index (χ0v) is 13.7. The Labute approximate surface area is 129 Å². The van der Waals surface area contributed by atoms with Crippen molar-refractivity contribution in [3.63, 3.8) is 0 Å². The number of aryl methyl sites for hydroxylation is 1. The van der Waals surface area contributed by atoms with Gasteiger partial charge in [-0.3, -0.25) is 4.90 Å². The zero-order valence-electron chi connectivity index (χ0n) is 13.7. The summed E-state index contributed by atoms with van der Waals surface area (Å²) in [6.07, 6.45) is 4.63. The highest BCUT2D eigenvalue weighted by molar-refractivity contribution is 5.33. The van der Waals surface area contributed by atoms with E-state index in [1.54, 1.807) is 7.11 Å². The van der Waals surface area contributed by atoms with Crippen LogP contribution in [0.3, 0.4) is 0 Å². The van der Waals surface area contributed by atoms with Crippen LogP contribution in [0.15, 0.2) is 24.3 Å². The number of rotatable bonds is 7. The highest BCUT2D eigenvalue weighted by Gasteiger charge is 2.33. The van der Waals surface area contributed by atoms with Gasteiger partial charge in [-0.15, -0.1) is 0 Å². The Kier molecular flexibility index (Phi) is 6.22. The van der Waals surface area contributed by atoms with Crippen LogP contribution >= 0.6 is 0 Å². The fourth-order valence-corrected chi connectivity index (χ4v) is 3.72. The zero-order chi connectivity index (χ0) is 15.2. The third kappa shape index (κ3) is 3.65. The van der Waals surface area contributed by atoms with Crippen molar-refractivity contribution in [3.05, 3.63) is 35.4 Å². The van der Waals surface area contributed by atoms with Crippen molar-refractivity contribution in [2.75, 3.05) is 20.3 Å². The SMILES string of the molecule is CCC(CC)N(CCOC)C1CCc2ccccc2C1N. The van der Waals surface area contributed by atoms with E-state index in [1.165, 1.54) is 24.0 Å². The quantitative estimate of drug-likeness (QED) is 0.838. The maximum Gasteiger partial charge on any atom is 0.0589 e. The summed E-state index contributed by atoms with van der Waals surface area (Å²) in [5, 5.41) is 0. The third-order valence-electron chi connectivity index (χ3n) is 4.93. The average Bonchev–Trinajstić information content (AvgIpc) is 2.53. The number of ether oxygens (including phenoxy) is 1. The first-order chi connectivity index (χ1) is 10.2. The Morgan fingerprint density at radius 2 is 2.00 bits per heavy atom. The lowest BCUT2D eigenvalue weighted by Gasteiger charge is -2.43. The fraction of sp³-hybridized carbons (Fsp3) is 0.667. The molecule has 1 aromatic rings. The van der Waals surface area contributed by atoms with Gasteiger partial charge in [0, 0.05) is 31.8 Å². The predicted octanol–water partition coefficient (Wildman–Crippen LogP) is 3.14. The van der Waals surface area contributed by atoms with Gasteiger partial charge in [0.05, 0.1) is 6.61 Å². The van der Waals surface area contributed by atoms with Gasteiger partial charge in [0.1, 0.15) is 0 Å². The summed E-state index contributed by atoms with van der Waals surface area (Å²) >= 11 is 0. The highest BCUT2D eigenvalue weighted by Crippen LogP contribution is 2.33. The summed E-state index contributed by atoms with van der Waals surface area (Å²) in [5.74, 6) is 0. The molecule has 118 valence electrons. The number of benzene rings is 1. The molecule has 0 aliphatic heterocycles. The van der Waals surface area contributed by atoms with E-state index < -0.39 is 0 Å². The van der Waals surface area contributed by atoms with Crippen LogP contribution in [-0.4, -0.2) is 37.2 Å². The van der Waals surface area contributed by atoms with Crippen molar-refractivity contribution >= 4 is 0 Å². The van der Waals surface area contributed by atoms with Crippen LogP contribution < -0.4 is 5.73 Å². The molecular formula is C18H30N2O. The van der Waals surface area contributed by atoms with Crippen LogP contribution in [0.2, 0.25) is 0 Å². The first kappa shape index (κ1) is 16.5. The molecule has 21 heavy (non-hydrogen) atoms. The van der Waals surface area contributed by atoms with Gasteiger partial charge in [-0.25, -0.2) is 0 Å². The van der Waals surface area contributed by atoms with Gasteiger partial charge < -0.3 is 10.5 Å². The highest BCUT2D eigenvalue weighted by atomic mass is 16.5. The van der Waals surface area contributed by atoms with E-state index in [9.17, 15) is 0 Å². The van der Waals surface area contributed by atoms with Crippen molar-refractivity contribution in [1.29, 1.82) is 0 Å². The lowest BCUT2D eigenvalue weighted by molar-refractivity contribution is 0.0613. The Morgan fingerprint density at radius 1 is 1.29 bits per heavy atom. The number of hydrogen-bond donors (Lipinski definition) is 1.